The van der Waals surface area contributed by atoms with Gasteiger partial charge < -0.3 is 0 Å². The summed E-state index contributed by atoms with van der Waals surface area (Å²) in [6.45, 7) is 0. The van der Waals surface area contributed by atoms with Gasteiger partial charge in [0.2, 0.25) is 0 Å². The lowest BCUT2D eigenvalue weighted by molar-refractivity contribution is 0.518. The normalized spacial score (nSPS) is 6.50. The topological polar surface area (TPSA) is 34.1 Å². The molecule has 0 unspecified atom stereocenters. The summed E-state index contributed by atoms with van der Waals surface area (Å²) < 4.78 is 19.0. The van der Waals surface area contributed by atoms with Gasteiger partial charge in [0, 0.05) is 0 Å². The van der Waals surface area contributed by atoms with Crippen LogP contribution < -0.4 is 0 Å². The molecular weight excluding hydrogens is 99.0 g/mol. The van der Waals surface area contributed by atoms with Crippen LogP contribution in [0.5, 0.6) is 0 Å². The van der Waals surface area contributed by atoms with Crippen LogP contribution in [0.15, 0.2) is 0 Å². The van der Waals surface area contributed by atoms with E-state index in [9.17, 15) is 9.13 Å². The van der Waals surface area contributed by atoms with Crippen molar-refractivity contribution in [3.05, 3.63) is 0 Å². The molecule has 0 atom stereocenters. The fraction of sp³-hybridized carbons (Fsp3) is 0.333. The minimum absolute atomic E-state index is 0.144. The minimum Gasteiger partial charge on any atom is -0.236 e. The van der Waals surface area contributed by atoms with Gasteiger partial charge in [0.1, 0.15) is 6.16 Å². The first-order valence-electron chi connectivity index (χ1n) is 1.32. The van der Waals surface area contributed by atoms with Gasteiger partial charge in [0.05, 0.1) is 0 Å². The molecule has 0 N–H and O–H groups in total. The molecule has 0 aliphatic heterocycles. The summed E-state index contributed by atoms with van der Waals surface area (Å²) in [6, 6.07) is 0. The summed E-state index contributed by atoms with van der Waals surface area (Å²) in [5.74, 6) is 1.97. The van der Waals surface area contributed by atoms with Gasteiger partial charge >= 0.3 is 7.68 Å². The predicted molar refractivity (Wildman–Crippen MR) is 22.0 cm³/mol. The third kappa shape index (κ3) is 3.46. The maximum absolute atomic E-state index is 9.49. The summed E-state index contributed by atoms with van der Waals surface area (Å²) in [7, 11) is -2.34. The van der Waals surface area contributed by atoms with E-state index in [1.165, 1.54) is 0 Å². The van der Waals surface area contributed by atoms with Crippen LogP contribution in [-0.2, 0) is 9.13 Å². The zero-order valence-corrected chi connectivity index (χ0v) is 3.94. The molecule has 0 bridgehead atoms. The highest BCUT2D eigenvalue weighted by molar-refractivity contribution is 7.31. The molecule has 0 heterocycles. The molecule has 0 aromatic heterocycles. The van der Waals surface area contributed by atoms with Crippen molar-refractivity contribution >= 4 is 7.68 Å². The van der Waals surface area contributed by atoms with E-state index in [-0.39, 0.29) is 6.16 Å². The lowest BCUT2D eigenvalue weighted by Gasteiger charge is -1.56. The molecule has 6 heavy (non-hydrogen) atoms. The average molecular weight is 102 g/mol. The fourth-order valence-corrected chi connectivity index (χ4v) is 0.224. The highest BCUT2D eigenvalue weighted by Crippen LogP contribution is 1.96. The van der Waals surface area contributed by atoms with Crippen LogP contribution in [0.25, 0.3) is 0 Å². The van der Waals surface area contributed by atoms with Crippen molar-refractivity contribution in [1.82, 2.24) is 0 Å². The molecule has 0 aromatic carbocycles. The van der Waals surface area contributed by atoms with Crippen molar-refractivity contribution < 1.29 is 9.13 Å². The third-order valence-electron chi connectivity index (χ3n) is 0.220. The lowest BCUT2D eigenvalue weighted by atomic mass is 10.8. The SMILES string of the molecule is C#CCP(=O)=O. The van der Waals surface area contributed by atoms with E-state index in [0.717, 1.165) is 0 Å². The molecular formula is C3H3O2P. The Morgan fingerprint density at radius 3 is 2.17 bits per heavy atom. The second kappa shape index (κ2) is 2.68. The van der Waals surface area contributed by atoms with E-state index in [4.69, 9.17) is 0 Å². The summed E-state index contributed by atoms with van der Waals surface area (Å²) >= 11 is 0. The van der Waals surface area contributed by atoms with Gasteiger partial charge in [-0.2, -0.15) is 0 Å². The minimum atomic E-state index is -2.34. The number of hydrogen-bond acceptors (Lipinski definition) is 2. The van der Waals surface area contributed by atoms with Gasteiger partial charge in [-0.1, -0.05) is 5.92 Å². The summed E-state index contributed by atoms with van der Waals surface area (Å²) in [5.41, 5.74) is 0. The quantitative estimate of drug-likeness (QED) is 0.362. The molecule has 0 saturated heterocycles. The van der Waals surface area contributed by atoms with Crippen molar-refractivity contribution in [3.63, 3.8) is 0 Å². The van der Waals surface area contributed by atoms with Crippen LogP contribution in [0, 0.1) is 12.3 Å². The van der Waals surface area contributed by atoms with Crippen molar-refractivity contribution in [2.75, 3.05) is 6.16 Å². The zero-order valence-electron chi connectivity index (χ0n) is 3.05. The number of hydrogen-bond donors (Lipinski definition) is 0. The first-order chi connectivity index (χ1) is 2.77. The Hall–Kier alpha value is -0.540. The molecule has 0 aromatic rings. The molecule has 0 aliphatic carbocycles. The van der Waals surface area contributed by atoms with Crippen molar-refractivity contribution in [2.45, 2.75) is 0 Å². The van der Waals surface area contributed by atoms with Crippen LogP contribution in [0.1, 0.15) is 0 Å². The maximum atomic E-state index is 9.49. The van der Waals surface area contributed by atoms with E-state index in [0.29, 0.717) is 0 Å². The van der Waals surface area contributed by atoms with Crippen LogP contribution in [-0.4, -0.2) is 6.16 Å². The Kier molecular flexibility index (Phi) is 2.44. The van der Waals surface area contributed by atoms with E-state index < -0.39 is 7.68 Å². The smallest absolute Gasteiger partial charge is 0.236 e. The standard InChI is InChI=1S/C3H3O2P/c1-2-3-6(4)5/h1H,3H2. The van der Waals surface area contributed by atoms with Gasteiger partial charge in [-0.3, -0.25) is 0 Å². The molecule has 0 radical (unpaired) electrons. The van der Waals surface area contributed by atoms with Gasteiger partial charge in [0.15, 0.2) is 0 Å². The second-order valence-electron chi connectivity index (χ2n) is 0.695. The molecule has 32 valence electrons. The number of terminal acetylenes is 1. The number of rotatable bonds is 1. The van der Waals surface area contributed by atoms with E-state index in [2.05, 4.69) is 6.42 Å². The van der Waals surface area contributed by atoms with Crippen LogP contribution >= 0.6 is 7.68 Å². The second-order valence-corrected chi connectivity index (χ2v) is 1.68. The van der Waals surface area contributed by atoms with Gasteiger partial charge in [0.25, 0.3) is 0 Å². The van der Waals surface area contributed by atoms with Crippen LogP contribution in [0.4, 0.5) is 0 Å². The van der Waals surface area contributed by atoms with Crippen molar-refractivity contribution in [2.24, 2.45) is 0 Å². The van der Waals surface area contributed by atoms with E-state index >= 15 is 0 Å². The maximum Gasteiger partial charge on any atom is 0.327 e. The van der Waals surface area contributed by atoms with Crippen LogP contribution in [0.2, 0.25) is 0 Å². The van der Waals surface area contributed by atoms with E-state index in [1.807, 2.05) is 5.92 Å². The predicted octanol–water partition coefficient (Wildman–Crippen LogP) is 0.792. The summed E-state index contributed by atoms with van der Waals surface area (Å²) in [4.78, 5) is 0. The highest BCUT2D eigenvalue weighted by Gasteiger charge is 1.77. The Bertz CT molecular complexity index is 120. The molecule has 0 spiro atoms. The lowest BCUT2D eigenvalue weighted by Crippen LogP contribution is -1.54. The Labute approximate surface area is 36.4 Å². The Balaban J connectivity index is 3.41. The first-order valence-corrected chi connectivity index (χ1v) is 2.69. The Morgan fingerprint density at radius 1 is 1.67 bits per heavy atom. The highest BCUT2D eigenvalue weighted by atomic mass is 31.1. The van der Waals surface area contributed by atoms with Crippen LogP contribution in [0.3, 0.4) is 0 Å². The molecule has 0 saturated carbocycles. The monoisotopic (exact) mass is 102 g/mol. The van der Waals surface area contributed by atoms with Gasteiger partial charge in [-0.25, -0.2) is 9.13 Å². The summed E-state index contributed by atoms with van der Waals surface area (Å²) in [6.07, 6.45) is 4.45. The van der Waals surface area contributed by atoms with Gasteiger partial charge in [-0.15, -0.1) is 6.42 Å². The molecule has 3 heteroatoms. The fourth-order valence-electron chi connectivity index (χ4n) is 0.0745. The largest absolute Gasteiger partial charge is 0.327 e. The third-order valence-corrected chi connectivity index (χ3v) is 0.661. The molecule has 0 aliphatic rings. The van der Waals surface area contributed by atoms with Crippen molar-refractivity contribution in [3.8, 4) is 12.3 Å². The molecule has 0 amide bonds. The molecule has 0 fully saturated rings. The molecule has 2 nitrogen and oxygen atoms in total. The zero-order chi connectivity index (χ0) is 4.99. The first kappa shape index (κ1) is 5.46. The molecule has 0 rings (SSSR count). The average Bonchev–Trinajstić information content (AvgIpc) is 1.35. The van der Waals surface area contributed by atoms with E-state index in [1.54, 1.807) is 0 Å². The van der Waals surface area contributed by atoms with Crippen molar-refractivity contribution in [1.29, 1.82) is 0 Å². The summed E-state index contributed by atoms with van der Waals surface area (Å²) in [5, 5.41) is 0. The Morgan fingerprint density at radius 2 is 2.17 bits per heavy atom. The van der Waals surface area contributed by atoms with Gasteiger partial charge in [-0.05, 0) is 0 Å².